The third kappa shape index (κ3) is 2.27. The van der Waals surface area contributed by atoms with Crippen LogP contribution < -0.4 is 15.8 Å². The fraction of sp³-hybridized carbons (Fsp3) is 0.167. The number of hydrogen-bond donors (Lipinski definition) is 2. The minimum atomic E-state index is -0.197. The molecule has 0 atom stereocenters. The van der Waals surface area contributed by atoms with Gasteiger partial charge < -0.3 is 20.3 Å². The van der Waals surface area contributed by atoms with Gasteiger partial charge in [0, 0.05) is 18.6 Å². The van der Waals surface area contributed by atoms with Crippen molar-refractivity contribution >= 4 is 17.5 Å². The van der Waals surface area contributed by atoms with Gasteiger partial charge in [-0.25, -0.2) is 0 Å². The van der Waals surface area contributed by atoms with E-state index in [4.69, 9.17) is 15.0 Å². The first-order valence-corrected chi connectivity index (χ1v) is 5.29. The average Bonchev–Trinajstić information content (AvgIpc) is 2.75. The van der Waals surface area contributed by atoms with Crippen LogP contribution in [0, 0.1) is 0 Å². The molecule has 0 aliphatic carbocycles. The van der Waals surface area contributed by atoms with Crippen molar-refractivity contribution < 1.29 is 14.1 Å². The maximum absolute atomic E-state index is 11.2. The van der Waals surface area contributed by atoms with E-state index in [2.05, 4.69) is 10.5 Å². The van der Waals surface area contributed by atoms with E-state index in [9.17, 15) is 4.79 Å². The van der Waals surface area contributed by atoms with E-state index in [-0.39, 0.29) is 11.8 Å². The van der Waals surface area contributed by atoms with Crippen LogP contribution in [0.15, 0.2) is 28.8 Å². The number of anilines is 2. The number of nitrogens with one attached hydrogen (secondary N) is 1. The lowest BCUT2D eigenvalue weighted by Gasteiger charge is -2.12. The van der Waals surface area contributed by atoms with Gasteiger partial charge in [0.2, 0.25) is 11.8 Å². The summed E-state index contributed by atoms with van der Waals surface area (Å²) in [5.74, 6) is 0.558. The smallest absolute Gasteiger partial charge is 0.222 e. The number of nitrogens with two attached hydrogens (primary N) is 1. The van der Waals surface area contributed by atoms with Crippen molar-refractivity contribution in [2.24, 2.45) is 0 Å². The predicted octanol–water partition coefficient (Wildman–Crippen LogP) is 1.89. The maximum Gasteiger partial charge on any atom is 0.222 e. The van der Waals surface area contributed by atoms with Crippen molar-refractivity contribution in [2.75, 3.05) is 18.2 Å². The number of aromatic nitrogens is 1. The Labute approximate surface area is 104 Å². The number of rotatable bonds is 3. The fourth-order valence-corrected chi connectivity index (χ4v) is 1.64. The molecule has 94 valence electrons. The molecule has 3 N–H and O–H groups in total. The quantitative estimate of drug-likeness (QED) is 0.864. The maximum atomic E-state index is 11.2. The predicted molar refractivity (Wildman–Crippen MR) is 67.2 cm³/mol. The van der Waals surface area contributed by atoms with Crippen molar-refractivity contribution in [3.05, 3.63) is 24.3 Å². The Morgan fingerprint density at radius 1 is 1.50 bits per heavy atom. The number of hydrogen-bond acceptors (Lipinski definition) is 5. The Bertz CT molecular complexity index is 578. The number of ether oxygens (including phenoxy) is 1. The summed E-state index contributed by atoms with van der Waals surface area (Å²) in [6.45, 7) is 1.42. The van der Waals surface area contributed by atoms with E-state index < -0.39 is 0 Å². The summed E-state index contributed by atoms with van der Waals surface area (Å²) in [6, 6.07) is 6.92. The lowest BCUT2D eigenvalue weighted by Crippen LogP contribution is -2.08. The summed E-state index contributed by atoms with van der Waals surface area (Å²) in [5, 5.41) is 6.54. The molecule has 6 heteroatoms. The average molecular weight is 247 g/mol. The summed E-state index contributed by atoms with van der Waals surface area (Å²) < 4.78 is 10.0. The molecular weight excluding hydrogens is 234 g/mol. The van der Waals surface area contributed by atoms with E-state index in [0.29, 0.717) is 22.7 Å². The largest absolute Gasteiger partial charge is 0.495 e. The standard InChI is InChI=1S/C12H13N3O3/c1-7(16)14-12-8(4-3-5-10(12)17-2)9-6-11(13)18-15-9/h3-6H,13H2,1-2H3,(H,14,16). The van der Waals surface area contributed by atoms with Crippen LogP contribution >= 0.6 is 0 Å². The molecule has 0 radical (unpaired) electrons. The van der Waals surface area contributed by atoms with E-state index in [1.165, 1.54) is 14.0 Å². The van der Waals surface area contributed by atoms with Crippen LogP contribution in [0.2, 0.25) is 0 Å². The molecule has 0 spiro atoms. The summed E-state index contributed by atoms with van der Waals surface area (Å²) in [6.07, 6.45) is 0. The second-order valence-corrected chi connectivity index (χ2v) is 3.68. The molecule has 1 amide bonds. The molecule has 2 rings (SSSR count). The molecule has 2 aromatic rings. The van der Waals surface area contributed by atoms with Gasteiger partial charge in [-0.15, -0.1) is 0 Å². The Morgan fingerprint density at radius 2 is 2.28 bits per heavy atom. The number of nitrogen functional groups attached to an aromatic ring is 1. The summed E-state index contributed by atoms with van der Waals surface area (Å²) in [4.78, 5) is 11.2. The first-order chi connectivity index (χ1) is 8.61. The van der Waals surface area contributed by atoms with Gasteiger partial charge in [-0.3, -0.25) is 4.79 Å². The van der Waals surface area contributed by atoms with Crippen molar-refractivity contribution in [3.8, 4) is 17.0 Å². The first-order valence-electron chi connectivity index (χ1n) is 5.29. The van der Waals surface area contributed by atoms with Crippen LogP contribution in [0.3, 0.4) is 0 Å². The third-order valence-corrected chi connectivity index (χ3v) is 2.35. The minimum absolute atomic E-state index is 0.197. The van der Waals surface area contributed by atoms with Gasteiger partial charge in [-0.1, -0.05) is 17.3 Å². The molecule has 6 nitrogen and oxygen atoms in total. The highest BCUT2D eigenvalue weighted by Gasteiger charge is 2.14. The number of carbonyl (C=O) groups is 1. The summed E-state index contributed by atoms with van der Waals surface area (Å²) in [5.41, 5.74) is 7.25. The molecule has 0 aliphatic rings. The van der Waals surface area contributed by atoms with Crippen LogP contribution in [-0.2, 0) is 4.79 Å². The zero-order valence-electron chi connectivity index (χ0n) is 10.1. The molecule has 0 saturated carbocycles. The van der Waals surface area contributed by atoms with E-state index in [1.807, 2.05) is 0 Å². The molecule has 0 bridgehead atoms. The fourth-order valence-electron chi connectivity index (χ4n) is 1.64. The molecule has 0 aliphatic heterocycles. The van der Waals surface area contributed by atoms with Gasteiger partial charge in [0.1, 0.15) is 11.4 Å². The summed E-state index contributed by atoms with van der Waals surface area (Å²) >= 11 is 0. The molecule has 18 heavy (non-hydrogen) atoms. The molecular formula is C12H13N3O3. The van der Waals surface area contributed by atoms with Crippen LogP contribution in [0.5, 0.6) is 5.75 Å². The normalized spacial score (nSPS) is 10.1. The monoisotopic (exact) mass is 247 g/mol. The molecule has 1 heterocycles. The summed E-state index contributed by atoms with van der Waals surface area (Å²) in [7, 11) is 1.53. The van der Waals surface area contributed by atoms with Gasteiger partial charge >= 0.3 is 0 Å². The third-order valence-electron chi connectivity index (χ3n) is 2.35. The van der Waals surface area contributed by atoms with Crippen molar-refractivity contribution in [1.82, 2.24) is 5.16 Å². The molecule has 1 aromatic carbocycles. The second kappa shape index (κ2) is 4.79. The Hall–Kier alpha value is -2.50. The molecule has 0 fully saturated rings. The van der Waals surface area contributed by atoms with Gasteiger partial charge in [0.05, 0.1) is 12.8 Å². The number of carbonyl (C=O) groups excluding carboxylic acids is 1. The zero-order chi connectivity index (χ0) is 13.1. The van der Waals surface area contributed by atoms with Crippen LogP contribution in [0.25, 0.3) is 11.3 Å². The topological polar surface area (TPSA) is 90.4 Å². The van der Waals surface area contributed by atoms with Gasteiger partial charge in [-0.05, 0) is 6.07 Å². The number of methoxy groups -OCH3 is 1. The number of benzene rings is 1. The van der Waals surface area contributed by atoms with Crippen LogP contribution in [0.4, 0.5) is 11.6 Å². The SMILES string of the molecule is COc1cccc(-c2cc(N)on2)c1NC(C)=O. The minimum Gasteiger partial charge on any atom is -0.495 e. The Balaban J connectivity index is 2.55. The van der Waals surface area contributed by atoms with Gasteiger partial charge in [0.25, 0.3) is 0 Å². The van der Waals surface area contributed by atoms with E-state index in [1.54, 1.807) is 24.3 Å². The number of para-hydroxylation sites is 1. The zero-order valence-corrected chi connectivity index (χ0v) is 10.1. The van der Waals surface area contributed by atoms with E-state index >= 15 is 0 Å². The van der Waals surface area contributed by atoms with Crippen molar-refractivity contribution in [3.63, 3.8) is 0 Å². The van der Waals surface area contributed by atoms with Gasteiger partial charge in [0.15, 0.2) is 0 Å². The molecule has 0 saturated heterocycles. The van der Waals surface area contributed by atoms with Crippen molar-refractivity contribution in [1.29, 1.82) is 0 Å². The van der Waals surface area contributed by atoms with Crippen molar-refractivity contribution in [2.45, 2.75) is 6.92 Å². The molecule has 0 unspecified atom stereocenters. The Kier molecular flexibility index (Phi) is 3.18. The second-order valence-electron chi connectivity index (χ2n) is 3.68. The highest BCUT2D eigenvalue weighted by molar-refractivity contribution is 5.96. The van der Waals surface area contributed by atoms with E-state index in [0.717, 1.165) is 0 Å². The number of amides is 1. The highest BCUT2D eigenvalue weighted by atomic mass is 16.5. The lowest BCUT2D eigenvalue weighted by molar-refractivity contribution is -0.114. The first kappa shape index (κ1) is 12.0. The Morgan fingerprint density at radius 3 is 2.83 bits per heavy atom. The van der Waals surface area contributed by atoms with Crippen LogP contribution in [-0.4, -0.2) is 18.2 Å². The number of nitrogens with zero attached hydrogens (tertiary/aromatic N) is 1. The highest BCUT2D eigenvalue weighted by Crippen LogP contribution is 2.35. The van der Waals surface area contributed by atoms with Crippen LogP contribution in [0.1, 0.15) is 6.92 Å². The lowest BCUT2D eigenvalue weighted by atomic mass is 10.1. The van der Waals surface area contributed by atoms with Gasteiger partial charge in [-0.2, -0.15) is 0 Å². The molecule has 1 aromatic heterocycles.